The monoisotopic (exact) mass is 541 g/mol. The topological polar surface area (TPSA) is 72.2 Å². The molecule has 1 atom stereocenters. The molecule has 3 aromatic rings. The minimum atomic E-state index is -2.61. The van der Waals surface area contributed by atoms with E-state index >= 15 is 0 Å². The average molecular weight is 542 g/mol. The average Bonchev–Trinajstić information content (AvgIpc) is 3.20. The highest BCUT2D eigenvalue weighted by Crippen LogP contribution is 2.54. The highest BCUT2D eigenvalue weighted by atomic mass is 35.5. The van der Waals surface area contributed by atoms with Crippen LogP contribution in [-0.2, 0) is 23.2 Å². The van der Waals surface area contributed by atoms with Crippen molar-refractivity contribution >= 4 is 34.6 Å². The number of benzene rings is 1. The number of amides is 1. The molecule has 0 saturated heterocycles. The molecule has 0 unspecified atom stereocenters. The fourth-order valence-corrected chi connectivity index (χ4v) is 7.72. The second-order valence-corrected chi connectivity index (χ2v) is 12.3. The third-order valence-corrected chi connectivity index (χ3v) is 9.82. The van der Waals surface area contributed by atoms with Gasteiger partial charge in [0.25, 0.3) is 0 Å². The number of alkyl halides is 2. The molecule has 6 nitrogen and oxygen atoms in total. The minimum absolute atomic E-state index is 0.0444. The predicted molar refractivity (Wildman–Crippen MR) is 138 cm³/mol. The SMILES string of the molecule is Cc1nnc2n1-c1sc3c(c1C(c1ccccc1Cl)=NC21CC1)C[C@H](C(=O)NC1CCC(F)(F)CC1)C3. The Bertz CT molecular complexity index is 1460. The molecule has 1 aliphatic heterocycles. The zero-order valence-electron chi connectivity index (χ0n) is 20.4. The molecule has 3 heterocycles. The van der Waals surface area contributed by atoms with E-state index in [2.05, 4.69) is 20.1 Å². The number of aryl methyl sites for hydroxylation is 1. The Morgan fingerprint density at radius 1 is 1.14 bits per heavy atom. The van der Waals surface area contributed by atoms with E-state index in [-0.39, 0.29) is 30.7 Å². The summed E-state index contributed by atoms with van der Waals surface area (Å²) in [6.07, 6.45) is 3.34. The van der Waals surface area contributed by atoms with Gasteiger partial charge in [0.15, 0.2) is 5.82 Å². The first-order valence-electron chi connectivity index (χ1n) is 12.9. The molecule has 2 aromatic heterocycles. The number of fused-ring (bicyclic) bond motifs is 6. The van der Waals surface area contributed by atoms with Gasteiger partial charge >= 0.3 is 0 Å². The van der Waals surface area contributed by atoms with E-state index in [0.29, 0.717) is 30.7 Å². The second kappa shape index (κ2) is 8.17. The van der Waals surface area contributed by atoms with Gasteiger partial charge in [0.1, 0.15) is 16.4 Å². The van der Waals surface area contributed by atoms with Gasteiger partial charge in [0, 0.05) is 45.8 Å². The Morgan fingerprint density at radius 2 is 1.89 bits per heavy atom. The van der Waals surface area contributed by atoms with Gasteiger partial charge in [-0.1, -0.05) is 29.8 Å². The van der Waals surface area contributed by atoms with Crippen molar-refractivity contribution in [3.8, 4) is 5.00 Å². The summed E-state index contributed by atoms with van der Waals surface area (Å²) in [4.78, 5) is 19.7. The van der Waals surface area contributed by atoms with Crippen molar-refractivity contribution < 1.29 is 13.6 Å². The summed E-state index contributed by atoms with van der Waals surface area (Å²) in [5.74, 6) is -1.18. The smallest absolute Gasteiger partial charge is 0.248 e. The highest BCUT2D eigenvalue weighted by molar-refractivity contribution is 7.15. The lowest BCUT2D eigenvalue weighted by molar-refractivity contribution is -0.126. The van der Waals surface area contributed by atoms with Crippen molar-refractivity contribution in [3.05, 3.63) is 62.5 Å². The molecule has 0 radical (unpaired) electrons. The van der Waals surface area contributed by atoms with Gasteiger partial charge in [0.2, 0.25) is 11.8 Å². The molecule has 4 aliphatic rings. The molecule has 192 valence electrons. The molecule has 10 heteroatoms. The van der Waals surface area contributed by atoms with E-state index in [1.165, 1.54) is 0 Å². The maximum absolute atomic E-state index is 13.6. The van der Waals surface area contributed by atoms with Crippen LogP contribution in [-0.4, -0.2) is 38.3 Å². The lowest BCUT2D eigenvalue weighted by atomic mass is 9.91. The van der Waals surface area contributed by atoms with Gasteiger partial charge in [-0.2, -0.15) is 0 Å². The van der Waals surface area contributed by atoms with Crippen molar-refractivity contribution in [3.63, 3.8) is 0 Å². The van der Waals surface area contributed by atoms with Crippen LogP contribution in [0.15, 0.2) is 29.3 Å². The summed E-state index contributed by atoms with van der Waals surface area (Å²) in [6.45, 7) is 1.96. The molecule has 0 bridgehead atoms. The molecular weight excluding hydrogens is 516 g/mol. The van der Waals surface area contributed by atoms with Gasteiger partial charge in [-0.05, 0) is 57.1 Å². The van der Waals surface area contributed by atoms with Gasteiger partial charge in [-0.15, -0.1) is 21.5 Å². The molecule has 2 saturated carbocycles. The van der Waals surface area contributed by atoms with Gasteiger partial charge in [-0.25, -0.2) is 8.78 Å². The first-order valence-corrected chi connectivity index (χ1v) is 14.0. The van der Waals surface area contributed by atoms with Crippen LogP contribution in [0.2, 0.25) is 5.02 Å². The standard InChI is InChI=1S/C27H26ClF2N5OS/c1-14-33-34-25-26(10-11-26)32-22(17-4-2-3-5-19(17)28)21-18-12-15(13-20(18)37-24(21)35(14)25)23(36)31-16-6-8-27(29,30)9-7-16/h2-5,15-16H,6-13H2,1H3,(H,31,36)/t15-/m0/s1. The van der Waals surface area contributed by atoms with Crippen LogP contribution in [0.1, 0.15) is 71.7 Å². The van der Waals surface area contributed by atoms with Crippen LogP contribution < -0.4 is 5.32 Å². The van der Waals surface area contributed by atoms with Crippen LogP contribution >= 0.6 is 22.9 Å². The number of nitrogens with zero attached hydrogens (tertiary/aromatic N) is 4. The normalized spacial score (nSPS) is 23.1. The maximum atomic E-state index is 13.6. The lowest BCUT2D eigenvalue weighted by Gasteiger charge is -2.29. The van der Waals surface area contributed by atoms with Crippen LogP contribution in [0.3, 0.4) is 0 Å². The third-order valence-electron chi connectivity index (χ3n) is 8.25. The molecule has 1 aromatic carbocycles. The van der Waals surface area contributed by atoms with E-state index < -0.39 is 11.5 Å². The number of aliphatic imine (C=N–C) groups is 1. The van der Waals surface area contributed by atoms with Crippen molar-refractivity contribution in [2.24, 2.45) is 10.9 Å². The Balaban J connectivity index is 1.26. The summed E-state index contributed by atoms with van der Waals surface area (Å²) in [5.41, 5.74) is 3.49. The molecule has 1 spiro atoms. The Hall–Kier alpha value is -2.65. The number of hydrogen-bond acceptors (Lipinski definition) is 5. The fourth-order valence-electron chi connectivity index (χ4n) is 6.04. The molecule has 1 N–H and O–H groups in total. The number of aromatic nitrogens is 3. The zero-order chi connectivity index (χ0) is 25.5. The molecule has 2 fully saturated rings. The van der Waals surface area contributed by atoms with Crippen molar-refractivity contribution in [2.45, 2.75) is 75.8 Å². The fraction of sp³-hybridized carbons (Fsp3) is 0.481. The van der Waals surface area contributed by atoms with Crippen LogP contribution in [0.25, 0.3) is 5.00 Å². The van der Waals surface area contributed by atoms with E-state index in [1.807, 2.05) is 31.2 Å². The predicted octanol–water partition coefficient (Wildman–Crippen LogP) is 5.54. The van der Waals surface area contributed by atoms with Gasteiger partial charge < -0.3 is 5.32 Å². The number of rotatable bonds is 3. The molecule has 3 aliphatic carbocycles. The zero-order valence-corrected chi connectivity index (χ0v) is 21.9. The quantitative estimate of drug-likeness (QED) is 0.473. The van der Waals surface area contributed by atoms with Crippen molar-refractivity contribution in [1.82, 2.24) is 20.1 Å². The van der Waals surface area contributed by atoms with E-state index in [4.69, 9.17) is 16.6 Å². The summed E-state index contributed by atoms with van der Waals surface area (Å²) < 4.78 is 29.3. The molecule has 7 rings (SSSR count). The highest BCUT2D eigenvalue weighted by Gasteiger charge is 2.52. The van der Waals surface area contributed by atoms with E-state index in [0.717, 1.165) is 56.8 Å². The first kappa shape index (κ1) is 23.5. The Kier molecular flexibility index (Phi) is 5.18. The number of halogens is 3. The number of hydrogen-bond donors (Lipinski definition) is 1. The summed E-state index contributed by atoms with van der Waals surface area (Å²) in [6, 6.07) is 7.58. The molecule has 1 amide bonds. The van der Waals surface area contributed by atoms with Crippen molar-refractivity contribution in [1.29, 1.82) is 0 Å². The third kappa shape index (κ3) is 3.76. The van der Waals surface area contributed by atoms with Crippen LogP contribution in [0.5, 0.6) is 0 Å². The van der Waals surface area contributed by atoms with E-state index in [1.54, 1.807) is 11.3 Å². The number of nitrogens with one attached hydrogen (secondary N) is 1. The minimum Gasteiger partial charge on any atom is -0.353 e. The van der Waals surface area contributed by atoms with Crippen LogP contribution in [0, 0.1) is 12.8 Å². The van der Waals surface area contributed by atoms with Crippen LogP contribution in [0.4, 0.5) is 8.78 Å². The first-order chi connectivity index (χ1) is 17.7. The van der Waals surface area contributed by atoms with E-state index in [9.17, 15) is 13.6 Å². The maximum Gasteiger partial charge on any atom is 0.248 e. The number of carbonyl (C=O) groups is 1. The number of thiophene rings is 1. The number of carbonyl (C=O) groups excluding carboxylic acids is 1. The Morgan fingerprint density at radius 3 is 2.62 bits per heavy atom. The lowest BCUT2D eigenvalue weighted by Crippen LogP contribution is -2.43. The second-order valence-electron chi connectivity index (χ2n) is 10.8. The largest absolute Gasteiger partial charge is 0.353 e. The molecule has 37 heavy (non-hydrogen) atoms. The van der Waals surface area contributed by atoms with Gasteiger partial charge in [0.05, 0.1) is 5.71 Å². The molecular formula is C27H26ClF2N5OS. The summed E-state index contributed by atoms with van der Waals surface area (Å²) in [7, 11) is 0. The van der Waals surface area contributed by atoms with Crippen molar-refractivity contribution in [2.75, 3.05) is 0 Å². The summed E-state index contributed by atoms with van der Waals surface area (Å²) >= 11 is 8.38. The van der Waals surface area contributed by atoms with Gasteiger partial charge in [-0.3, -0.25) is 14.4 Å². The Labute approximate surface area is 222 Å². The summed E-state index contributed by atoms with van der Waals surface area (Å²) in [5, 5.41) is 13.7.